The Bertz CT molecular complexity index is 885. The van der Waals surface area contributed by atoms with E-state index in [1.807, 2.05) is 30.3 Å². The van der Waals surface area contributed by atoms with Crippen molar-refractivity contribution in [3.8, 4) is 11.3 Å². The van der Waals surface area contributed by atoms with Gasteiger partial charge in [-0.3, -0.25) is 4.79 Å². The Kier molecular flexibility index (Phi) is 5.74. The zero-order valence-electron chi connectivity index (χ0n) is 14.8. The summed E-state index contributed by atoms with van der Waals surface area (Å²) in [5.41, 5.74) is 2.92. The molecule has 3 aromatic rings. The van der Waals surface area contributed by atoms with Gasteiger partial charge in [-0.15, -0.1) is 0 Å². The third-order valence-corrected chi connectivity index (χ3v) is 4.34. The molecule has 0 saturated carbocycles. The molecular formula is C21H21ClN2O2. The monoisotopic (exact) mass is 368 g/mol. The fraction of sp³-hybridized carbons (Fsp3) is 0.238. The highest BCUT2D eigenvalue weighted by Gasteiger charge is 2.10. The number of aryl methyl sites for hydroxylation is 1. The zero-order chi connectivity index (χ0) is 18.5. The van der Waals surface area contributed by atoms with E-state index < -0.39 is 0 Å². The highest BCUT2D eigenvalue weighted by Crippen LogP contribution is 2.23. The van der Waals surface area contributed by atoms with Crippen LogP contribution in [-0.2, 0) is 11.2 Å². The smallest absolute Gasteiger partial charge is 0.224 e. The number of hydrogen-bond donors (Lipinski definition) is 1. The van der Waals surface area contributed by atoms with Gasteiger partial charge in [0.05, 0.1) is 6.20 Å². The summed E-state index contributed by atoms with van der Waals surface area (Å²) in [4.78, 5) is 16.4. The maximum Gasteiger partial charge on any atom is 0.224 e. The van der Waals surface area contributed by atoms with Crippen molar-refractivity contribution in [1.29, 1.82) is 0 Å². The number of aromatic nitrogens is 1. The van der Waals surface area contributed by atoms with Crippen molar-refractivity contribution in [2.24, 2.45) is 0 Å². The molecule has 0 unspecified atom stereocenters. The molecule has 1 aromatic heterocycles. The first-order valence-electron chi connectivity index (χ1n) is 8.62. The molecule has 0 saturated heterocycles. The Morgan fingerprint density at radius 2 is 1.96 bits per heavy atom. The molecule has 1 N–H and O–H groups in total. The average molecular weight is 369 g/mol. The summed E-state index contributed by atoms with van der Waals surface area (Å²) in [7, 11) is 0. The summed E-state index contributed by atoms with van der Waals surface area (Å²) in [5.74, 6) is 1.57. The molecule has 0 aliphatic carbocycles. The Morgan fingerprint density at radius 1 is 1.19 bits per heavy atom. The third-order valence-electron chi connectivity index (χ3n) is 4.09. The third kappa shape index (κ3) is 4.73. The maximum atomic E-state index is 12.2. The second kappa shape index (κ2) is 8.19. The number of amides is 1. The number of carbonyl (C=O) groups is 1. The van der Waals surface area contributed by atoms with Crippen molar-refractivity contribution in [2.75, 3.05) is 5.32 Å². The van der Waals surface area contributed by atoms with Crippen LogP contribution in [0.3, 0.4) is 0 Å². The Morgan fingerprint density at radius 3 is 2.69 bits per heavy atom. The summed E-state index contributed by atoms with van der Waals surface area (Å²) in [6, 6.07) is 15.3. The average Bonchev–Trinajstić information content (AvgIpc) is 3.10. The maximum absolute atomic E-state index is 12.2. The van der Waals surface area contributed by atoms with Gasteiger partial charge >= 0.3 is 0 Å². The highest BCUT2D eigenvalue weighted by atomic mass is 35.5. The number of nitrogens with one attached hydrogen (secondary N) is 1. The Balaban J connectivity index is 1.56. The number of benzene rings is 2. The minimum Gasteiger partial charge on any atom is -0.441 e. The summed E-state index contributed by atoms with van der Waals surface area (Å²) in [6.07, 6.45) is 2.43. The van der Waals surface area contributed by atoms with Crippen LogP contribution < -0.4 is 5.32 Å². The van der Waals surface area contributed by atoms with E-state index in [1.54, 1.807) is 18.3 Å². The van der Waals surface area contributed by atoms with Crippen LogP contribution in [0.4, 0.5) is 5.69 Å². The molecule has 2 aromatic carbocycles. The molecule has 5 heteroatoms. The Hall–Kier alpha value is -2.59. The van der Waals surface area contributed by atoms with Gasteiger partial charge < -0.3 is 9.73 Å². The molecule has 26 heavy (non-hydrogen) atoms. The molecule has 3 rings (SSSR count). The molecular weight excluding hydrogens is 348 g/mol. The van der Waals surface area contributed by atoms with Gasteiger partial charge in [-0.25, -0.2) is 4.98 Å². The number of hydrogen-bond acceptors (Lipinski definition) is 3. The van der Waals surface area contributed by atoms with Crippen molar-refractivity contribution in [3.05, 3.63) is 71.2 Å². The standard InChI is InChI=1S/C21H21ClN2O2/c1-14(2)16-4-3-5-18(12-16)24-20(25)10-11-21-23-13-19(26-21)15-6-8-17(22)9-7-15/h3-9,12-14H,10-11H2,1-2H3,(H,24,25). The lowest BCUT2D eigenvalue weighted by atomic mass is 10.0. The van der Waals surface area contributed by atoms with E-state index in [9.17, 15) is 4.79 Å². The number of rotatable bonds is 6. The summed E-state index contributed by atoms with van der Waals surface area (Å²) >= 11 is 5.89. The van der Waals surface area contributed by atoms with E-state index in [0.29, 0.717) is 35.4 Å². The van der Waals surface area contributed by atoms with Crippen LogP contribution in [0, 0.1) is 0 Å². The van der Waals surface area contributed by atoms with Gasteiger partial charge in [0, 0.05) is 29.1 Å². The van der Waals surface area contributed by atoms with Crippen molar-refractivity contribution in [2.45, 2.75) is 32.6 Å². The molecule has 134 valence electrons. The normalized spacial score (nSPS) is 10.9. The molecule has 0 bridgehead atoms. The molecule has 0 atom stereocenters. The quantitative estimate of drug-likeness (QED) is 0.608. The van der Waals surface area contributed by atoms with E-state index in [4.69, 9.17) is 16.0 Å². The van der Waals surface area contributed by atoms with Crippen LogP contribution >= 0.6 is 11.6 Å². The van der Waals surface area contributed by atoms with Gasteiger partial charge in [-0.1, -0.05) is 37.6 Å². The topological polar surface area (TPSA) is 55.1 Å². The summed E-state index contributed by atoms with van der Waals surface area (Å²) in [5, 5.41) is 3.60. The lowest BCUT2D eigenvalue weighted by Crippen LogP contribution is -2.12. The number of oxazole rings is 1. The number of carbonyl (C=O) groups excluding carboxylic acids is 1. The zero-order valence-corrected chi connectivity index (χ0v) is 15.6. The largest absolute Gasteiger partial charge is 0.441 e. The first kappa shape index (κ1) is 18.2. The van der Waals surface area contributed by atoms with Gasteiger partial charge in [-0.2, -0.15) is 0 Å². The van der Waals surface area contributed by atoms with E-state index in [0.717, 1.165) is 11.3 Å². The van der Waals surface area contributed by atoms with Crippen LogP contribution in [0.15, 0.2) is 59.1 Å². The number of halogens is 1. The van der Waals surface area contributed by atoms with Crippen molar-refractivity contribution < 1.29 is 9.21 Å². The fourth-order valence-corrected chi connectivity index (χ4v) is 2.72. The predicted molar refractivity (Wildman–Crippen MR) is 104 cm³/mol. The molecule has 1 amide bonds. The predicted octanol–water partition coefficient (Wildman–Crippen LogP) is 5.69. The second-order valence-electron chi connectivity index (χ2n) is 6.45. The molecule has 1 heterocycles. The van der Waals surface area contributed by atoms with Crippen molar-refractivity contribution in [3.63, 3.8) is 0 Å². The second-order valence-corrected chi connectivity index (χ2v) is 6.89. The van der Waals surface area contributed by atoms with Crippen LogP contribution in [0.25, 0.3) is 11.3 Å². The Labute approximate surface area is 158 Å². The van der Waals surface area contributed by atoms with Crippen LogP contribution in [-0.4, -0.2) is 10.9 Å². The van der Waals surface area contributed by atoms with Gasteiger partial charge in [0.25, 0.3) is 0 Å². The minimum atomic E-state index is -0.0582. The van der Waals surface area contributed by atoms with Gasteiger partial charge in [0.1, 0.15) is 0 Å². The first-order chi connectivity index (χ1) is 12.5. The lowest BCUT2D eigenvalue weighted by molar-refractivity contribution is -0.116. The van der Waals surface area contributed by atoms with E-state index in [1.165, 1.54) is 5.56 Å². The van der Waals surface area contributed by atoms with E-state index in [-0.39, 0.29) is 5.91 Å². The SMILES string of the molecule is CC(C)c1cccc(NC(=O)CCc2ncc(-c3ccc(Cl)cc3)o2)c1. The van der Waals surface area contributed by atoms with E-state index >= 15 is 0 Å². The minimum absolute atomic E-state index is 0.0582. The molecule has 0 aliphatic heterocycles. The molecule has 0 fully saturated rings. The van der Waals surface area contributed by atoms with Crippen LogP contribution in [0.2, 0.25) is 5.02 Å². The van der Waals surface area contributed by atoms with Crippen molar-refractivity contribution >= 4 is 23.2 Å². The van der Waals surface area contributed by atoms with Gasteiger partial charge in [0.2, 0.25) is 5.91 Å². The molecule has 0 aliphatic rings. The summed E-state index contributed by atoms with van der Waals surface area (Å²) in [6.45, 7) is 4.25. The van der Waals surface area contributed by atoms with Crippen LogP contribution in [0.1, 0.15) is 37.6 Å². The number of nitrogens with zero attached hydrogens (tertiary/aromatic N) is 1. The van der Waals surface area contributed by atoms with E-state index in [2.05, 4.69) is 30.2 Å². The lowest BCUT2D eigenvalue weighted by Gasteiger charge is -2.09. The first-order valence-corrected chi connectivity index (χ1v) is 8.99. The molecule has 4 nitrogen and oxygen atoms in total. The highest BCUT2D eigenvalue weighted by molar-refractivity contribution is 6.30. The van der Waals surface area contributed by atoms with Gasteiger partial charge in [0.15, 0.2) is 11.7 Å². The molecule has 0 radical (unpaired) electrons. The van der Waals surface area contributed by atoms with Crippen molar-refractivity contribution in [1.82, 2.24) is 4.98 Å². The van der Waals surface area contributed by atoms with Gasteiger partial charge in [-0.05, 0) is 47.9 Å². The van der Waals surface area contributed by atoms with Crippen LogP contribution in [0.5, 0.6) is 0 Å². The fourth-order valence-electron chi connectivity index (χ4n) is 2.59. The number of anilines is 1. The summed E-state index contributed by atoms with van der Waals surface area (Å²) < 4.78 is 5.73. The molecule has 0 spiro atoms.